The van der Waals surface area contributed by atoms with Gasteiger partial charge in [0.2, 0.25) is 0 Å². The summed E-state index contributed by atoms with van der Waals surface area (Å²) in [5, 5.41) is 0. The first kappa shape index (κ1) is 13.4. The first-order valence-corrected chi connectivity index (χ1v) is 9.25. The Morgan fingerprint density at radius 1 is 0.850 bits per heavy atom. The lowest BCUT2D eigenvalue weighted by Gasteiger charge is -2.56. The van der Waals surface area contributed by atoms with Gasteiger partial charge in [-0.15, -0.1) is 0 Å². The largest absolute Gasteiger partial charge is 0.0670 e. The lowest BCUT2D eigenvalue weighted by molar-refractivity contribution is -0.0331. The maximum atomic E-state index is 2.68. The molecule has 0 aromatic rings. The van der Waals surface area contributed by atoms with Gasteiger partial charge in [0.05, 0.1) is 0 Å². The normalized spacial score (nSPS) is 46.6. The Balaban J connectivity index is 1.69. The highest BCUT2D eigenvalue weighted by Gasteiger charge is 2.52. The minimum Gasteiger partial charge on any atom is -0.0670 e. The summed E-state index contributed by atoms with van der Waals surface area (Å²) in [7, 11) is 0. The van der Waals surface area contributed by atoms with Gasteiger partial charge in [0.15, 0.2) is 0 Å². The second-order valence-corrected chi connectivity index (χ2v) is 9.17. The third-order valence-electron chi connectivity index (χ3n) is 7.99. The van der Waals surface area contributed by atoms with Crippen molar-refractivity contribution in [2.24, 2.45) is 28.6 Å². The van der Waals surface area contributed by atoms with Crippen molar-refractivity contribution in [1.82, 2.24) is 0 Å². The summed E-state index contributed by atoms with van der Waals surface area (Å²) in [5.41, 5.74) is 5.09. The third-order valence-corrected chi connectivity index (χ3v) is 7.99. The highest BCUT2D eigenvalue weighted by molar-refractivity contribution is 5.33. The number of fused-ring (bicyclic) bond motifs is 4. The Kier molecular flexibility index (Phi) is 2.93. The Morgan fingerprint density at radius 2 is 1.70 bits per heavy atom. The maximum absolute atomic E-state index is 2.68. The smallest absolute Gasteiger partial charge is 0.0139 e. The molecule has 4 rings (SSSR count). The van der Waals surface area contributed by atoms with E-state index in [2.05, 4.69) is 20.8 Å². The summed E-state index contributed by atoms with van der Waals surface area (Å²) in [6, 6.07) is 0. The van der Waals surface area contributed by atoms with Gasteiger partial charge in [0.25, 0.3) is 0 Å². The molecule has 1 unspecified atom stereocenters. The lowest BCUT2D eigenvalue weighted by atomic mass is 9.49. The molecule has 0 aromatic heterocycles. The van der Waals surface area contributed by atoms with E-state index in [1.165, 1.54) is 64.2 Å². The van der Waals surface area contributed by atoms with E-state index >= 15 is 0 Å². The molecular formula is C20H32. The zero-order chi connectivity index (χ0) is 14.0. The van der Waals surface area contributed by atoms with Gasteiger partial charge in [-0.2, -0.15) is 0 Å². The molecule has 0 bridgehead atoms. The van der Waals surface area contributed by atoms with Crippen LogP contribution in [0.2, 0.25) is 0 Å². The fourth-order valence-corrected chi connectivity index (χ4v) is 6.77. The molecule has 4 aliphatic rings. The van der Waals surface area contributed by atoms with Crippen molar-refractivity contribution < 1.29 is 0 Å². The zero-order valence-corrected chi connectivity index (χ0v) is 13.8. The fraction of sp³-hybridized carbons (Fsp3) is 0.900. The van der Waals surface area contributed by atoms with Crippen molar-refractivity contribution in [3.63, 3.8) is 0 Å². The molecule has 0 N–H and O–H groups in total. The van der Waals surface area contributed by atoms with Crippen LogP contribution in [-0.2, 0) is 0 Å². The highest BCUT2D eigenvalue weighted by atomic mass is 14.6. The number of hydrogen-bond donors (Lipinski definition) is 0. The van der Waals surface area contributed by atoms with Gasteiger partial charge in [-0.25, -0.2) is 0 Å². The summed E-state index contributed by atoms with van der Waals surface area (Å²) in [5.74, 6) is 3.09. The lowest BCUT2D eigenvalue weighted by Crippen LogP contribution is -2.47. The molecule has 0 spiro atoms. The second-order valence-electron chi connectivity index (χ2n) is 9.17. The molecular weight excluding hydrogens is 240 g/mol. The molecule has 0 aliphatic heterocycles. The van der Waals surface area contributed by atoms with Crippen molar-refractivity contribution in [3.05, 3.63) is 11.1 Å². The summed E-state index contributed by atoms with van der Waals surface area (Å²) in [6.07, 6.45) is 15.0. The average Bonchev–Trinajstić information content (AvgIpc) is 2.74. The summed E-state index contributed by atoms with van der Waals surface area (Å²) in [4.78, 5) is 0. The zero-order valence-electron chi connectivity index (χ0n) is 13.8. The summed E-state index contributed by atoms with van der Waals surface area (Å²) >= 11 is 0. The van der Waals surface area contributed by atoms with Gasteiger partial charge in [-0.05, 0) is 80.0 Å². The fourth-order valence-electron chi connectivity index (χ4n) is 6.77. The van der Waals surface area contributed by atoms with Gasteiger partial charge in [-0.1, -0.05) is 44.8 Å². The SMILES string of the molecule is CC1(C)CCC2=C1CC[C@H]1[C@H]2CCC2CCCC[C@@]21C. The van der Waals surface area contributed by atoms with E-state index in [9.17, 15) is 0 Å². The second kappa shape index (κ2) is 4.37. The van der Waals surface area contributed by atoms with E-state index in [1.807, 2.05) is 11.1 Å². The monoisotopic (exact) mass is 272 g/mol. The van der Waals surface area contributed by atoms with Gasteiger partial charge in [-0.3, -0.25) is 0 Å². The molecule has 20 heavy (non-hydrogen) atoms. The summed E-state index contributed by atoms with van der Waals surface area (Å²) in [6.45, 7) is 7.69. The number of rotatable bonds is 0. The van der Waals surface area contributed by atoms with E-state index in [-0.39, 0.29) is 0 Å². The summed E-state index contributed by atoms with van der Waals surface area (Å²) < 4.78 is 0. The third kappa shape index (κ3) is 1.72. The van der Waals surface area contributed by atoms with Crippen LogP contribution in [0, 0.1) is 28.6 Å². The van der Waals surface area contributed by atoms with Crippen LogP contribution in [0.4, 0.5) is 0 Å². The Morgan fingerprint density at radius 3 is 2.55 bits per heavy atom. The first-order valence-electron chi connectivity index (χ1n) is 9.25. The molecule has 0 aromatic carbocycles. The minimum absolute atomic E-state index is 0.532. The molecule has 0 heteroatoms. The Bertz CT molecular complexity index is 441. The van der Waals surface area contributed by atoms with Crippen LogP contribution >= 0.6 is 0 Å². The number of hydrogen-bond acceptors (Lipinski definition) is 0. The first-order chi connectivity index (χ1) is 9.52. The molecule has 0 saturated heterocycles. The quantitative estimate of drug-likeness (QED) is 0.466. The average molecular weight is 272 g/mol. The highest BCUT2D eigenvalue weighted by Crippen LogP contribution is 2.63. The van der Waals surface area contributed by atoms with Crippen molar-refractivity contribution in [2.75, 3.05) is 0 Å². The molecule has 0 nitrogen and oxygen atoms in total. The predicted octanol–water partition coefficient (Wildman–Crippen LogP) is 6.12. The molecule has 2 fully saturated rings. The van der Waals surface area contributed by atoms with Gasteiger partial charge >= 0.3 is 0 Å². The maximum Gasteiger partial charge on any atom is -0.0139 e. The van der Waals surface area contributed by atoms with Crippen molar-refractivity contribution in [2.45, 2.75) is 85.0 Å². The van der Waals surface area contributed by atoms with Crippen LogP contribution in [0.1, 0.15) is 85.0 Å². The van der Waals surface area contributed by atoms with Crippen molar-refractivity contribution in [1.29, 1.82) is 0 Å². The molecule has 4 atom stereocenters. The van der Waals surface area contributed by atoms with Crippen LogP contribution in [0.15, 0.2) is 11.1 Å². The van der Waals surface area contributed by atoms with E-state index in [0.717, 1.165) is 17.8 Å². The van der Waals surface area contributed by atoms with E-state index in [0.29, 0.717) is 10.8 Å². The predicted molar refractivity (Wildman–Crippen MR) is 85.6 cm³/mol. The topological polar surface area (TPSA) is 0 Å². The van der Waals surface area contributed by atoms with Crippen LogP contribution < -0.4 is 0 Å². The van der Waals surface area contributed by atoms with Gasteiger partial charge in [0.1, 0.15) is 0 Å². The molecule has 0 heterocycles. The molecule has 2 saturated carbocycles. The molecule has 112 valence electrons. The Hall–Kier alpha value is -0.260. The van der Waals surface area contributed by atoms with Crippen LogP contribution in [0.25, 0.3) is 0 Å². The van der Waals surface area contributed by atoms with Crippen molar-refractivity contribution >= 4 is 0 Å². The molecule has 4 aliphatic carbocycles. The van der Waals surface area contributed by atoms with Gasteiger partial charge in [0, 0.05) is 0 Å². The minimum atomic E-state index is 0.532. The van der Waals surface area contributed by atoms with Gasteiger partial charge < -0.3 is 0 Å². The van der Waals surface area contributed by atoms with Crippen LogP contribution in [-0.4, -0.2) is 0 Å². The molecule has 0 radical (unpaired) electrons. The van der Waals surface area contributed by atoms with E-state index < -0.39 is 0 Å². The van der Waals surface area contributed by atoms with Crippen molar-refractivity contribution in [3.8, 4) is 0 Å². The Labute approximate surface area is 125 Å². The standard InChI is InChI=1S/C20H32/c1-19(2)13-11-16-15-8-7-14-6-4-5-12-20(14,3)18(15)10-9-17(16)19/h14-15,18H,4-13H2,1-3H3/t14?,15-,18-,20-/m0/s1. The molecule has 0 amide bonds. The van der Waals surface area contributed by atoms with Crippen LogP contribution in [0.3, 0.4) is 0 Å². The van der Waals surface area contributed by atoms with E-state index in [1.54, 1.807) is 0 Å². The van der Waals surface area contributed by atoms with E-state index in [4.69, 9.17) is 0 Å². The number of allylic oxidation sites excluding steroid dienone is 2. The van der Waals surface area contributed by atoms with Crippen LogP contribution in [0.5, 0.6) is 0 Å².